The Morgan fingerprint density at radius 1 is 1.15 bits per heavy atom. The van der Waals surface area contributed by atoms with Crippen LogP contribution in [0.15, 0.2) is 30.3 Å². The molecule has 0 radical (unpaired) electrons. The van der Waals surface area contributed by atoms with E-state index in [0.717, 1.165) is 5.56 Å². The van der Waals surface area contributed by atoms with Crippen LogP contribution in [0.4, 0.5) is 4.79 Å². The average Bonchev–Trinajstić information content (AvgIpc) is 3.38. The molecule has 0 bridgehead atoms. The van der Waals surface area contributed by atoms with Gasteiger partial charge < -0.3 is 19.5 Å². The van der Waals surface area contributed by atoms with Gasteiger partial charge >= 0.3 is 18.0 Å². The van der Waals surface area contributed by atoms with Crippen molar-refractivity contribution in [2.75, 3.05) is 7.11 Å². The SMILES string of the molecule is COC(=O)C1(C[C@H](NC(=O)OC(C)(C)C)C(=O)OCc2ccccc2)CC1. The third kappa shape index (κ3) is 6.27. The van der Waals surface area contributed by atoms with Crippen molar-refractivity contribution in [3.8, 4) is 0 Å². The van der Waals surface area contributed by atoms with Gasteiger partial charge in [-0.1, -0.05) is 30.3 Å². The van der Waals surface area contributed by atoms with Crippen molar-refractivity contribution in [1.29, 1.82) is 0 Å². The molecule has 7 heteroatoms. The summed E-state index contributed by atoms with van der Waals surface area (Å²) in [6, 6.07) is 8.23. The fraction of sp³-hybridized carbons (Fsp3) is 0.550. The van der Waals surface area contributed by atoms with Gasteiger partial charge in [0, 0.05) is 0 Å². The first-order chi connectivity index (χ1) is 12.6. The van der Waals surface area contributed by atoms with Gasteiger partial charge in [-0.25, -0.2) is 9.59 Å². The van der Waals surface area contributed by atoms with Gasteiger partial charge in [0.15, 0.2) is 0 Å². The van der Waals surface area contributed by atoms with Crippen LogP contribution < -0.4 is 5.32 Å². The maximum Gasteiger partial charge on any atom is 0.408 e. The number of hydrogen-bond donors (Lipinski definition) is 1. The van der Waals surface area contributed by atoms with E-state index in [4.69, 9.17) is 14.2 Å². The summed E-state index contributed by atoms with van der Waals surface area (Å²) in [5, 5.41) is 2.54. The first-order valence-corrected chi connectivity index (χ1v) is 8.94. The molecule has 0 unspecified atom stereocenters. The molecule has 2 rings (SSSR count). The first kappa shape index (κ1) is 20.7. The smallest absolute Gasteiger partial charge is 0.408 e. The normalized spacial score (nSPS) is 16.0. The van der Waals surface area contributed by atoms with E-state index in [1.54, 1.807) is 20.8 Å². The van der Waals surface area contributed by atoms with Crippen LogP contribution >= 0.6 is 0 Å². The summed E-state index contributed by atoms with van der Waals surface area (Å²) in [7, 11) is 1.31. The zero-order chi connectivity index (χ0) is 20.1. The molecule has 7 nitrogen and oxygen atoms in total. The lowest BCUT2D eigenvalue weighted by Gasteiger charge is -2.24. The standard InChI is InChI=1S/C20H27NO6/c1-19(2,3)27-18(24)21-15(12-20(10-11-20)17(23)25-4)16(22)26-13-14-8-6-5-7-9-14/h5-9,15H,10-13H2,1-4H3,(H,21,24)/t15-/m0/s1. The third-order valence-corrected chi connectivity index (χ3v) is 4.27. The predicted molar refractivity (Wildman–Crippen MR) is 97.7 cm³/mol. The van der Waals surface area contributed by atoms with Crippen LogP contribution in [0.5, 0.6) is 0 Å². The number of hydrogen-bond acceptors (Lipinski definition) is 6. The summed E-state index contributed by atoms with van der Waals surface area (Å²) in [6.45, 7) is 5.27. The molecule has 0 aromatic heterocycles. The van der Waals surface area contributed by atoms with Crippen LogP contribution in [-0.4, -0.2) is 36.8 Å². The van der Waals surface area contributed by atoms with Crippen molar-refractivity contribution in [3.05, 3.63) is 35.9 Å². The Hall–Kier alpha value is -2.57. The summed E-state index contributed by atoms with van der Waals surface area (Å²) in [4.78, 5) is 36.8. The topological polar surface area (TPSA) is 90.9 Å². The minimum atomic E-state index is -0.995. The molecule has 148 valence electrons. The summed E-state index contributed by atoms with van der Waals surface area (Å²) >= 11 is 0. The van der Waals surface area contributed by atoms with E-state index in [9.17, 15) is 14.4 Å². The Labute approximate surface area is 159 Å². The molecular weight excluding hydrogens is 350 g/mol. The molecule has 1 aliphatic rings. The van der Waals surface area contributed by atoms with Gasteiger partial charge in [-0.05, 0) is 45.6 Å². The third-order valence-electron chi connectivity index (χ3n) is 4.27. The van der Waals surface area contributed by atoms with Gasteiger partial charge in [0.25, 0.3) is 0 Å². The molecule has 1 atom stereocenters. The lowest BCUT2D eigenvalue weighted by Crippen LogP contribution is -2.46. The number of rotatable bonds is 7. The first-order valence-electron chi connectivity index (χ1n) is 8.94. The van der Waals surface area contributed by atoms with Crippen LogP contribution in [0.1, 0.15) is 45.6 Å². The van der Waals surface area contributed by atoms with E-state index in [-0.39, 0.29) is 19.0 Å². The van der Waals surface area contributed by atoms with E-state index in [0.29, 0.717) is 12.8 Å². The van der Waals surface area contributed by atoms with Gasteiger partial charge in [-0.2, -0.15) is 0 Å². The highest BCUT2D eigenvalue weighted by Crippen LogP contribution is 2.50. The highest BCUT2D eigenvalue weighted by Gasteiger charge is 2.53. The molecule has 0 aliphatic heterocycles. The Morgan fingerprint density at radius 2 is 1.78 bits per heavy atom. The van der Waals surface area contributed by atoms with Crippen molar-refractivity contribution in [2.24, 2.45) is 5.41 Å². The number of ether oxygens (including phenoxy) is 3. The van der Waals surface area contributed by atoms with Gasteiger partial charge in [0.05, 0.1) is 12.5 Å². The van der Waals surface area contributed by atoms with E-state index >= 15 is 0 Å². The molecule has 1 aliphatic carbocycles. The van der Waals surface area contributed by atoms with Gasteiger partial charge in [-0.15, -0.1) is 0 Å². The van der Waals surface area contributed by atoms with Crippen LogP contribution in [0.2, 0.25) is 0 Å². The van der Waals surface area contributed by atoms with E-state index < -0.39 is 29.1 Å². The Kier molecular flexibility index (Phi) is 6.46. The van der Waals surface area contributed by atoms with Crippen molar-refractivity contribution < 1.29 is 28.6 Å². The maximum atomic E-state index is 12.6. The lowest BCUT2D eigenvalue weighted by molar-refractivity contribution is -0.151. The number of alkyl carbamates (subject to hydrolysis) is 1. The molecule has 1 amide bonds. The molecule has 1 aromatic rings. The van der Waals surface area contributed by atoms with Crippen LogP contribution in [0, 0.1) is 5.41 Å². The monoisotopic (exact) mass is 377 g/mol. The van der Waals surface area contributed by atoms with Gasteiger partial charge in [0.1, 0.15) is 18.2 Å². The van der Waals surface area contributed by atoms with Crippen molar-refractivity contribution in [3.63, 3.8) is 0 Å². The van der Waals surface area contributed by atoms with Crippen LogP contribution in [-0.2, 0) is 30.4 Å². The summed E-state index contributed by atoms with van der Waals surface area (Å²) in [6.07, 6.45) is 0.604. The molecule has 1 saturated carbocycles. The second-order valence-corrected chi connectivity index (χ2v) is 7.77. The second-order valence-electron chi connectivity index (χ2n) is 7.77. The molecule has 1 fully saturated rings. The summed E-state index contributed by atoms with van der Waals surface area (Å²) in [5.74, 6) is -0.991. The zero-order valence-electron chi connectivity index (χ0n) is 16.2. The zero-order valence-corrected chi connectivity index (χ0v) is 16.2. The molecule has 0 heterocycles. The molecule has 1 N–H and O–H groups in total. The largest absolute Gasteiger partial charge is 0.469 e. The van der Waals surface area contributed by atoms with Gasteiger partial charge in [-0.3, -0.25) is 4.79 Å². The minimum Gasteiger partial charge on any atom is -0.469 e. The van der Waals surface area contributed by atoms with Crippen LogP contribution in [0.3, 0.4) is 0 Å². The van der Waals surface area contributed by atoms with Crippen molar-refractivity contribution >= 4 is 18.0 Å². The van der Waals surface area contributed by atoms with Crippen molar-refractivity contribution in [2.45, 2.75) is 58.3 Å². The fourth-order valence-corrected chi connectivity index (χ4v) is 2.72. The number of benzene rings is 1. The molecule has 27 heavy (non-hydrogen) atoms. The predicted octanol–water partition coefficient (Wildman–Crippen LogP) is 2.97. The summed E-state index contributed by atoms with van der Waals surface area (Å²) < 4.78 is 15.4. The van der Waals surface area contributed by atoms with E-state index in [1.165, 1.54) is 7.11 Å². The highest BCUT2D eigenvalue weighted by molar-refractivity contribution is 5.85. The Bertz CT molecular complexity index is 675. The highest BCUT2D eigenvalue weighted by atomic mass is 16.6. The Morgan fingerprint density at radius 3 is 2.30 bits per heavy atom. The number of esters is 2. The van der Waals surface area contributed by atoms with Crippen molar-refractivity contribution in [1.82, 2.24) is 5.32 Å². The molecule has 1 aromatic carbocycles. The second kappa shape index (κ2) is 8.41. The minimum absolute atomic E-state index is 0.0807. The Balaban J connectivity index is 2.05. The molecular formula is C20H27NO6. The quantitative estimate of drug-likeness (QED) is 0.580. The lowest BCUT2D eigenvalue weighted by atomic mass is 9.97. The van der Waals surface area contributed by atoms with Gasteiger partial charge in [0.2, 0.25) is 0 Å². The fourth-order valence-electron chi connectivity index (χ4n) is 2.72. The summed E-state index contributed by atoms with van der Waals surface area (Å²) in [5.41, 5.74) is -0.626. The number of carbonyl (C=O) groups is 3. The molecule has 0 saturated heterocycles. The maximum absolute atomic E-state index is 12.6. The average molecular weight is 377 g/mol. The van der Waals surface area contributed by atoms with E-state index in [1.807, 2.05) is 30.3 Å². The number of carbonyl (C=O) groups excluding carboxylic acids is 3. The van der Waals surface area contributed by atoms with Crippen LogP contribution in [0.25, 0.3) is 0 Å². The van der Waals surface area contributed by atoms with E-state index in [2.05, 4.69) is 5.32 Å². The number of amides is 1. The number of nitrogens with one attached hydrogen (secondary N) is 1. The molecule has 0 spiro atoms. The number of methoxy groups -OCH3 is 1.